The molecular weight excluding hydrogens is 262 g/mol. The van der Waals surface area contributed by atoms with Gasteiger partial charge in [-0.15, -0.1) is 0 Å². The van der Waals surface area contributed by atoms with Crippen LogP contribution in [-0.2, 0) is 14.3 Å². The molecular formula is C13H25N3O4. The van der Waals surface area contributed by atoms with Crippen molar-refractivity contribution in [3.05, 3.63) is 0 Å². The van der Waals surface area contributed by atoms with Crippen LogP contribution in [0.25, 0.3) is 0 Å². The molecule has 0 aromatic rings. The summed E-state index contributed by atoms with van der Waals surface area (Å²) in [6.07, 6.45) is 1.26. The molecule has 0 aliphatic carbocycles. The average Bonchev–Trinajstić information content (AvgIpc) is 2.32. The van der Waals surface area contributed by atoms with Gasteiger partial charge in [0.2, 0.25) is 5.91 Å². The molecule has 0 aromatic heterocycles. The molecule has 0 aliphatic rings. The predicted molar refractivity (Wildman–Crippen MR) is 74.8 cm³/mol. The highest BCUT2D eigenvalue weighted by atomic mass is 16.5. The summed E-state index contributed by atoms with van der Waals surface area (Å²) in [7, 11) is 0. The molecule has 0 rings (SSSR count). The van der Waals surface area contributed by atoms with Crippen LogP contribution in [0.3, 0.4) is 0 Å². The summed E-state index contributed by atoms with van der Waals surface area (Å²) in [5, 5.41) is 5.09. The molecule has 0 saturated carbocycles. The highest BCUT2D eigenvalue weighted by Crippen LogP contribution is 2.05. The molecule has 0 aromatic carbocycles. The van der Waals surface area contributed by atoms with Crippen molar-refractivity contribution in [2.75, 3.05) is 13.2 Å². The van der Waals surface area contributed by atoms with Crippen LogP contribution >= 0.6 is 0 Å². The van der Waals surface area contributed by atoms with E-state index in [0.29, 0.717) is 26.0 Å². The van der Waals surface area contributed by atoms with E-state index in [1.165, 1.54) is 0 Å². The highest BCUT2D eigenvalue weighted by Gasteiger charge is 2.20. The number of hydrogen-bond acceptors (Lipinski definition) is 4. The van der Waals surface area contributed by atoms with Gasteiger partial charge in [-0.25, -0.2) is 4.79 Å². The molecule has 0 radical (unpaired) electrons. The van der Waals surface area contributed by atoms with E-state index >= 15 is 0 Å². The summed E-state index contributed by atoms with van der Waals surface area (Å²) in [5.74, 6) is -0.325. The van der Waals surface area contributed by atoms with E-state index in [1.807, 2.05) is 13.8 Å². The second kappa shape index (κ2) is 10.1. The first-order valence-electron chi connectivity index (χ1n) is 6.86. The number of ether oxygens (including phenoxy) is 1. The van der Waals surface area contributed by atoms with Crippen LogP contribution in [0, 0.1) is 5.92 Å². The smallest absolute Gasteiger partial charge is 0.312 e. The summed E-state index contributed by atoms with van der Waals surface area (Å²) in [5.41, 5.74) is 5.04. The third-order valence-electron chi connectivity index (χ3n) is 2.50. The summed E-state index contributed by atoms with van der Waals surface area (Å²) < 4.78 is 4.78. The Bertz CT molecular complexity index is 332. The molecule has 7 nitrogen and oxygen atoms in total. The number of esters is 1. The second-order valence-corrected chi connectivity index (χ2v) is 4.89. The first-order chi connectivity index (χ1) is 9.36. The number of urea groups is 1. The fourth-order valence-electron chi connectivity index (χ4n) is 1.68. The lowest BCUT2D eigenvalue weighted by atomic mass is 10.0. The number of carbonyl (C=O) groups excluding carboxylic acids is 3. The zero-order chi connectivity index (χ0) is 15.5. The van der Waals surface area contributed by atoms with Crippen LogP contribution in [0.1, 0.15) is 40.0 Å². The van der Waals surface area contributed by atoms with E-state index < -0.39 is 12.1 Å². The van der Waals surface area contributed by atoms with Gasteiger partial charge >= 0.3 is 12.0 Å². The molecule has 0 heterocycles. The van der Waals surface area contributed by atoms with Crippen LogP contribution in [-0.4, -0.2) is 37.1 Å². The van der Waals surface area contributed by atoms with Crippen molar-refractivity contribution in [3.63, 3.8) is 0 Å². The van der Waals surface area contributed by atoms with E-state index in [1.54, 1.807) is 6.92 Å². The molecule has 1 atom stereocenters. The predicted octanol–water partition coefficient (Wildman–Crippen LogP) is 0.529. The largest absolute Gasteiger partial charge is 0.466 e. The first kappa shape index (κ1) is 18.2. The van der Waals surface area contributed by atoms with Crippen molar-refractivity contribution >= 4 is 17.9 Å². The number of amides is 3. The Labute approximate surface area is 119 Å². The van der Waals surface area contributed by atoms with Crippen LogP contribution in [0.15, 0.2) is 0 Å². The Morgan fingerprint density at radius 2 is 1.90 bits per heavy atom. The van der Waals surface area contributed by atoms with Gasteiger partial charge in [0.25, 0.3) is 0 Å². The zero-order valence-electron chi connectivity index (χ0n) is 12.4. The third-order valence-corrected chi connectivity index (χ3v) is 2.50. The zero-order valence-corrected chi connectivity index (χ0v) is 12.4. The highest BCUT2D eigenvalue weighted by molar-refractivity contribution is 5.86. The van der Waals surface area contributed by atoms with E-state index in [2.05, 4.69) is 10.6 Å². The normalized spacial score (nSPS) is 11.8. The van der Waals surface area contributed by atoms with Gasteiger partial charge in [0.1, 0.15) is 6.04 Å². The van der Waals surface area contributed by atoms with Crippen LogP contribution in [0.4, 0.5) is 4.79 Å². The Morgan fingerprint density at radius 3 is 2.40 bits per heavy atom. The van der Waals surface area contributed by atoms with Crippen molar-refractivity contribution in [1.82, 2.24) is 10.6 Å². The monoisotopic (exact) mass is 287 g/mol. The van der Waals surface area contributed by atoms with Crippen molar-refractivity contribution in [3.8, 4) is 0 Å². The Balaban J connectivity index is 4.06. The van der Waals surface area contributed by atoms with Crippen molar-refractivity contribution in [1.29, 1.82) is 0 Å². The Hall–Kier alpha value is -1.79. The Morgan fingerprint density at radius 1 is 1.25 bits per heavy atom. The lowest BCUT2D eigenvalue weighted by Gasteiger charge is -2.18. The fourth-order valence-corrected chi connectivity index (χ4v) is 1.68. The summed E-state index contributed by atoms with van der Waals surface area (Å²) in [6, 6.07) is -1.37. The molecule has 0 saturated heterocycles. The SMILES string of the molecule is CCOC(=O)CCCNC(=O)C(CC(C)C)NC(N)=O. The van der Waals surface area contributed by atoms with Crippen LogP contribution in [0.2, 0.25) is 0 Å². The van der Waals surface area contributed by atoms with Crippen LogP contribution < -0.4 is 16.4 Å². The molecule has 1 unspecified atom stereocenters. The van der Waals surface area contributed by atoms with Crippen molar-refractivity contribution < 1.29 is 19.1 Å². The molecule has 4 N–H and O–H groups in total. The molecule has 0 bridgehead atoms. The van der Waals surface area contributed by atoms with Gasteiger partial charge in [0.05, 0.1) is 6.61 Å². The van der Waals surface area contributed by atoms with Gasteiger partial charge in [0.15, 0.2) is 0 Å². The van der Waals surface area contributed by atoms with E-state index in [-0.39, 0.29) is 24.2 Å². The van der Waals surface area contributed by atoms with E-state index in [4.69, 9.17) is 10.5 Å². The summed E-state index contributed by atoms with van der Waals surface area (Å²) >= 11 is 0. The van der Waals surface area contributed by atoms with Gasteiger partial charge < -0.3 is 21.1 Å². The maximum atomic E-state index is 11.9. The second-order valence-electron chi connectivity index (χ2n) is 4.89. The number of carbonyl (C=O) groups is 3. The lowest BCUT2D eigenvalue weighted by molar-refractivity contribution is -0.143. The van der Waals surface area contributed by atoms with E-state index in [9.17, 15) is 14.4 Å². The molecule has 3 amide bonds. The quantitative estimate of drug-likeness (QED) is 0.424. The first-order valence-corrected chi connectivity index (χ1v) is 6.86. The van der Waals surface area contributed by atoms with Crippen LogP contribution in [0.5, 0.6) is 0 Å². The van der Waals surface area contributed by atoms with Gasteiger partial charge in [-0.05, 0) is 25.7 Å². The topological polar surface area (TPSA) is 111 Å². The minimum Gasteiger partial charge on any atom is -0.466 e. The molecule has 20 heavy (non-hydrogen) atoms. The Kier molecular flexibility index (Phi) is 9.15. The average molecular weight is 287 g/mol. The third kappa shape index (κ3) is 9.18. The number of rotatable bonds is 9. The molecule has 7 heteroatoms. The molecule has 0 spiro atoms. The fraction of sp³-hybridized carbons (Fsp3) is 0.769. The minimum atomic E-state index is -0.725. The maximum absolute atomic E-state index is 11.9. The van der Waals surface area contributed by atoms with Gasteiger partial charge in [0, 0.05) is 13.0 Å². The van der Waals surface area contributed by atoms with Crippen molar-refractivity contribution in [2.24, 2.45) is 11.7 Å². The maximum Gasteiger partial charge on any atom is 0.312 e. The standard InChI is InChI=1S/C13H25N3O4/c1-4-20-11(17)6-5-7-15-12(18)10(8-9(2)3)16-13(14)19/h9-10H,4-8H2,1-3H3,(H,15,18)(H3,14,16,19). The van der Waals surface area contributed by atoms with E-state index in [0.717, 1.165) is 0 Å². The number of nitrogens with one attached hydrogen (secondary N) is 2. The number of hydrogen-bond donors (Lipinski definition) is 3. The summed E-state index contributed by atoms with van der Waals surface area (Å²) in [6.45, 7) is 6.34. The minimum absolute atomic E-state index is 0.247. The molecule has 0 aliphatic heterocycles. The lowest BCUT2D eigenvalue weighted by Crippen LogP contribution is -2.49. The van der Waals surface area contributed by atoms with Gasteiger partial charge in [-0.3, -0.25) is 9.59 Å². The van der Waals surface area contributed by atoms with Gasteiger partial charge in [-0.1, -0.05) is 13.8 Å². The molecule has 116 valence electrons. The number of primary amides is 1. The summed E-state index contributed by atoms with van der Waals surface area (Å²) in [4.78, 5) is 33.8. The number of nitrogens with two attached hydrogens (primary N) is 1. The van der Waals surface area contributed by atoms with Crippen molar-refractivity contribution in [2.45, 2.75) is 46.1 Å². The van der Waals surface area contributed by atoms with Gasteiger partial charge in [-0.2, -0.15) is 0 Å². The molecule has 0 fully saturated rings.